The van der Waals surface area contributed by atoms with Gasteiger partial charge in [0, 0.05) is 22.6 Å². The normalized spacial score (nSPS) is 12.0. The fourth-order valence-corrected chi connectivity index (χ4v) is 1.62. The molecular weight excluding hydrogens is 258 g/mol. The van der Waals surface area contributed by atoms with Crippen molar-refractivity contribution in [2.45, 2.75) is 6.04 Å². The molecule has 0 aliphatic heterocycles. The zero-order chi connectivity index (χ0) is 9.14. The lowest BCUT2D eigenvalue weighted by Crippen LogP contribution is -2.22. The molecule has 0 fully saturated rings. The highest BCUT2D eigenvalue weighted by Crippen LogP contribution is 2.23. The van der Waals surface area contributed by atoms with Gasteiger partial charge in [0.1, 0.15) is 5.82 Å². The Balaban J connectivity index is 0.00000144. The van der Waals surface area contributed by atoms with E-state index in [1.54, 1.807) is 12.1 Å². The molecule has 0 unspecified atom stereocenters. The molecule has 1 atom stereocenters. The van der Waals surface area contributed by atoms with E-state index in [-0.39, 0.29) is 24.8 Å². The highest BCUT2D eigenvalue weighted by atomic mass is 79.9. The molecule has 74 valence electrons. The maximum Gasteiger partial charge on any atom is 0.129 e. The minimum absolute atomic E-state index is 0. The molecule has 0 bridgehead atoms. The largest absolute Gasteiger partial charge is 0.329 e. The van der Waals surface area contributed by atoms with Gasteiger partial charge >= 0.3 is 0 Å². The molecule has 4 N–H and O–H groups in total. The Hall–Kier alpha value is -0.160. The van der Waals surface area contributed by atoms with Crippen molar-refractivity contribution in [3.8, 4) is 0 Å². The fourth-order valence-electron chi connectivity index (χ4n) is 0.983. The van der Waals surface area contributed by atoms with Crippen molar-refractivity contribution in [1.82, 2.24) is 0 Å². The van der Waals surface area contributed by atoms with Crippen LogP contribution >= 0.6 is 28.3 Å². The van der Waals surface area contributed by atoms with Gasteiger partial charge in [0.15, 0.2) is 0 Å². The van der Waals surface area contributed by atoms with Gasteiger partial charge in [-0.3, -0.25) is 0 Å². The Morgan fingerprint density at radius 3 is 2.54 bits per heavy atom. The Morgan fingerprint density at radius 2 is 2.08 bits per heavy atom. The summed E-state index contributed by atoms with van der Waals surface area (Å²) in [4.78, 5) is 0. The Kier molecular flexibility index (Phi) is 5.48. The van der Waals surface area contributed by atoms with E-state index in [0.717, 1.165) is 0 Å². The molecule has 1 rings (SSSR count). The molecule has 0 heterocycles. The molecule has 1 aromatic rings. The van der Waals surface area contributed by atoms with Crippen LogP contribution in [0.4, 0.5) is 4.39 Å². The summed E-state index contributed by atoms with van der Waals surface area (Å²) in [5.74, 6) is -0.317. The highest BCUT2D eigenvalue weighted by molar-refractivity contribution is 9.10. The van der Waals surface area contributed by atoms with Crippen LogP contribution in [0.1, 0.15) is 11.6 Å². The summed E-state index contributed by atoms with van der Waals surface area (Å²) in [7, 11) is 0. The van der Waals surface area contributed by atoms with Crippen molar-refractivity contribution in [3.05, 3.63) is 34.1 Å². The highest BCUT2D eigenvalue weighted by Gasteiger charge is 2.12. The Morgan fingerprint density at radius 1 is 1.46 bits per heavy atom. The van der Waals surface area contributed by atoms with E-state index in [2.05, 4.69) is 15.9 Å². The summed E-state index contributed by atoms with van der Waals surface area (Å²) in [6, 6.07) is 4.29. The van der Waals surface area contributed by atoms with Gasteiger partial charge in [-0.25, -0.2) is 4.39 Å². The van der Waals surface area contributed by atoms with Gasteiger partial charge in [-0.15, -0.1) is 12.4 Å². The van der Waals surface area contributed by atoms with Gasteiger partial charge in [0.05, 0.1) is 0 Å². The summed E-state index contributed by atoms with van der Waals surface area (Å²) >= 11 is 3.21. The van der Waals surface area contributed by atoms with E-state index in [1.165, 1.54) is 6.07 Å². The molecule has 1 aromatic carbocycles. The first-order valence-corrected chi connectivity index (χ1v) is 4.35. The standard InChI is InChI=1S/C8H10BrFN2.ClH/c9-5-2-1-3-6(10)8(5)7(12)4-11;/h1-3,7H,4,11-12H2;1H/t7-;/m1./s1. The van der Waals surface area contributed by atoms with Crippen molar-refractivity contribution in [2.75, 3.05) is 6.54 Å². The lowest BCUT2D eigenvalue weighted by atomic mass is 10.1. The van der Waals surface area contributed by atoms with Gasteiger partial charge in [-0.2, -0.15) is 0 Å². The number of hydrogen-bond acceptors (Lipinski definition) is 2. The zero-order valence-corrected chi connectivity index (χ0v) is 9.24. The van der Waals surface area contributed by atoms with Gasteiger partial charge in [-0.05, 0) is 12.1 Å². The molecule has 0 spiro atoms. The van der Waals surface area contributed by atoms with Crippen LogP contribution in [0.5, 0.6) is 0 Å². The van der Waals surface area contributed by atoms with Gasteiger partial charge < -0.3 is 11.5 Å². The molecule has 0 aliphatic carbocycles. The maximum absolute atomic E-state index is 13.1. The van der Waals surface area contributed by atoms with Crippen molar-refractivity contribution < 1.29 is 4.39 Å². The van der Waals surface area contributed by atoms with Crippen molar-refractivity contribution in [3.63, 3.8) is 0 Å². The quantitative estimate of drug-likeness (QED) is 0.862. The molecular formula is C8H11BrClFN2. The van der Waals surface area contributed by atoms with Crippen LogP contribution in [0.3, 0.4) is 0 Å². The summed E-state index contributed by atoms with van der Waals surface area (Å²) in [5, 5.41) is 0. The van der Waals surface area contributed by atoms with Crippen LogP contribution in [0.25, 0.3) is 0 Å². The monoisotopic (exact) mass is 268 g/mol. The first kappa shape index (κ1) is 12.8. The molecule has 5 heteroatoms. The lowest BCUT2D eigenvalue weighted by Gasteiger charge is -2.11. The second kappa shape index (κ2) is 5.54. The third kappa shape index (κ3) is 2.91. The van der Waals surface area contributed by atoms with Gasteiger partial charge in [0.2, 0.25) is 0 Å². The lowest BCUT2D eigenvalue weighted by molar-refractivity contribution is 0.582. The minimum Gasteiger partial charge on any atom is -0.329 e. The molecule has 0 amide bonds. The SMILES string of the molecule is Cl.NC[C@@H](N)c1c(F)cccc1Br. The topological polar surface area (TPSA) is 52.0 Å². The summed E-state index contributed by atoms with van der Waals surface area (Å²) in [6.07, 6.45) is 0. The first-order chi connectivity index (χ1) is 5.66. The van der Waals surface area contributed by atoms with E-state index < -0.39 is 6.04 Å². The van der Waals surface area contributed by atoms with Gasteiger partial charge in [-0.1, -0.05) is 22.0 Å². The van der Waals surface area contributed by atoms with Crippen molar-refractivity contribution >= 4 is 28.3 Å². The van der Waals surface area contributed by atoms with E-state index in [0.29, 0.717) is 10.0 Å². The molecule has 0 saturated heterocycles. The maximum atomic E-state index is 13.1. The summed E-state index contributed by atoms with van der Waals surface area (Å²) < 4.78 is 13.8. The third-order valence-electron chi connectivity index (χ3n) is 1.62. The average molecular weight is 270 g/mol. The fraction of sp³-hybridized carbons (Fsp3) is 0.250. The summed E-state index contributed by atoms with van der Waals surface area (Å²) in [6.45, 7) is 0.236. The molecule has 2 nitrogen and oxygen atoms in total. The first-order valence-electron chi connectivity index (χ1n) is 3.56. The second-order valence-electron chi connectivity index (χ2n) is 2.48. The minimum atomic E-state index is -0.444. The van der Waals surface area contributed by atoms with E-state index in [4.69, 9.17) is 11.5 Å². The number of rotatable bonds is 2. The average Bonchev–Trinajstić information content (AvgIpc) is 2.03. The predicted octanol–water partition coefficient (Wildman–Crippen LogP) is 1.97. The predicted molar refractivity (Wildman–Crippen MR) is 57.3 cm³/mol. The number of halogens is 3. The number of hydrogen-bond donors (Lipinski definition) is 2. The van der Waals surface area contributed by atoms with E-state index >= 15 is 0 Å². The third-order valence-corrected chi connectivity index (χ3v) is 2.32. The zero-order valence-electron chi connectivity index (χ0n) is 6.84. The Labute approximate surface area is 91.0 Å². The van der Waals surface area contributed by atoms with Crippen LogP contribution < -0.4 is 11.5 Å². The molecule has 0 aliphatic rings. The number of nitrogens with two attached hydrogens (primary N) is 2. The summed E-state index contributed by atoms with van der Waals surface area (Å²) in [5.41, 5.74) is 11.4. The molecule has 0 radical (unpaired) electrons. The van der Waals surface area contributed by atoms with Crippen molar-refractivity contribution in [1.29, 1.82) is 0 Å². The van der Waals surface area contributed by atoms with Gasteiger partial charge in [0.25, 0.3) is 0 Å². The van der Waals surface area contributed by atoms with Crippen LogP contribution in [0, 0.1) is 5.82 Å². The van der Waals surface area contributed by atoms with Crippen LogP contribution in [0.2, 0.25) is 0 Å². The molecule has 0 saturated carbocycles. The Bertz CT molecular complexity index is 263. The van der Waals surface area contributed by atoms with E-state index in [9.17, 15) is 4.39 Å². The second-order valence-corrected chi connectivity index (χ2v) is 3.33. The smallest absolute Gasteiger partial charge is 0.129 e. The van der Waals surface area contributed by atoms with Crippen molar-refractivity contribution in [2.24, 2.45) is 11.5 Å². The number of benzene rings is 1. The molecule has 0 aromatic heterocycles. The van der Waals surface area contributed by atoms with E-state index in [1.807, 2.05) is 0 Å². The van der Waals surface area contributed by atoms with Crippen LogP contribution in [-0.2, 0) is 0 Å². The van der Waals surface area contributed by atoms with Crippen LogP contribution in [0.15, 0.2) is 22.7 Å². The molecule has 13 heavy (non-hydrogen) atoms. The van der Waals surface area contributed by atoms with Crippen LogP contribution in [-0.4, -0.2) is 6.54 Å².